The van der Waals surface area contributed by atoms with E-state index in [1.165, 1.54) is 0 Å². The van der Waals surface area contributed by atoms with E-state index < -0.39 is 5.97 Å². The minimum atomic E-state index is -0.454. The first-order chi connectivity index (χ1) is 13.1. The number of hydrogen-bond acceptors (Lipinski definition) is 5. The van der Waals surface area contributed by atoms with Crippen molar-refractivity contribution in [2.75, 3.05) is 0 Å². The van der Waals surface area contributed by atoms with Crippen LogP contribution in [-0.2, 0) is 0 Å². The molecule has 0 radical (unpaired) electrons. The fourth-order valence-electron chi connectivity index (χ4n) is 2.81. The maximum Gasteiger partial charge on any atom is 0.343 e. The van der Waals surface area contributed by atoms with Crippen LogP contribution < -0.4 is 9.47 Å². The highest BCUT2D eigenvalue weighted by atomic mass is 16.5. The lowest BCUT2D eigenvalue weighted by atomic mass is 10.1. The number of rotatable bonds is 3. The fourth-order valence-corrected chi connectivity index (χ4v) is 2.81. The number of aromatic nitrogens is 1. The van der Waals surface area contributed by atoms with E-state index in [-0.39, 0.29) is 11.5 Å². The number of hydrogen-bond donors (Lipinski definition) is 0. The second-order valence-electron chi connectivity index (χ2n) is 6.08. The summed E-state index contributed by atoms with van der Waals surface area (Å²) in [4.78, 5) is 28.8. The number of allylic oxidation sites excluding steroid dienone is 1. The number of fused-ring (bicyclic) bond motifs is 1. The molecule has 2 aromatic carbocycles. The third kappa shape index (κ3) is 3.35. The summed E-state index contributed by atoms with van der Waals surface area (Å²) in [5.74, 6) is 0.248. The maximum atomic E-state index is 12.5. The Kier molecular flexibility index (Phi) is 4.26. The van der Waals surface area contributed by atoms with E-state index in [4.69, 9.17) is 9.47 Å². The van der Waals surface area contributed by atoms with E-state index in [1.807, 2.05) is 19.1 Å². The zero-order chi connectivity index (χ0) is 18.8. The van der Waals surface area contributed by atoms with E-state index in [1.54, 1.807) is 60.9 Å². The molecule has 5 heteroatoms. The molecule has 2 heterocycles. The smallest absolute Gasteiger partial charge is 0.343 e. The topological polar surface area (TPSA) is 65.5 Å². The number of Topliss-reactive ketones (excluding diaryl/α,β-unsaturated/α-hetero) is 1. The maximum absolute atomic E-state index is 12.5. The van der Waals surface area contributed by atoms with Gasteiger partial charge in [0, 0.05) is 18.5 Å². The van der Waals surface area contributed by atoms with Crippen molar-refractivity contribution in [2.24, 2.45) is 0 Å². The number of ketones is 1. The third-order valence-corrected chi connectivity index (χ3v) is 4.22. The van der Waals surface area contributed by atoms with Gasteiger partial charge in [-0.05, 0) is 54.5 Å². The van der Waals surface area contributed by atoms with Gasteiger partial charge < -0.3 is 9.47 Å². The van der Waals surface area contributed by atoms with Gasteiger partial charge in [-0.1, -0.05) is 18.2 Å². The van der Waals surface area contributed by atoms with Gasteiger partial charge in [-0.2, -0.15) is 0 Å². The summed E-state index contributed by atoms with van der Waals surface area (Å²) in [7, 11) is 0. The van der Waals surface area contributed by atoms with Gasteiger partial charge in [0.15, 0.2) is 5.76 Å². The highest BCUT2D eigenvalue weighted by molar-refractivity contribution is 6.14. The van der Waals surface area contributed by atoms with E-state index in [2.05, 4.69) is 4.98 Å². The van der Waals surface area contributed by atoms with Crippen LogP contribution in [0.1, 0.15) is 31.8 Å². The normalized spacial score (nSPS) is 14.0. The molecule has 0 amide bonds. The summed E-state index contributed by atoms with van der Waals surface area (Å²) >= 11 is 0. The first kappa shape index (κ1) is 16.7. The molecule has 0 saturated heterocycles. The molecule has 1 aliphatic rings. The summed E-state index contributed by atoms with van der Waals surface area (Å²) in [5, 5.41) is 0. The number of aryl methyl sites for hydroxylation is 1. The van der Waals surface area contributed by atoms with Gasteiger partial charge in [-0.3, -0.25) is 9.78 Å². The number of esters is 1. The summed E-state index contributed by atoms with van der Waals surface area (Å²) < 4.78 is 11.1. The summed E-state index contributed by atoms with van der Waals surface area (Å²) in [6.07, 6.45) is 4.94. The quantitative estimate of drug-likeness (QED) is 0.399. The summed E-state index contributed by atoms with van der Waals surface area (Å²) in [6, 6.07) is 15.5. The molecule has 4 rings (SSSR count). The van der Waals surface area contributed by atoms with E-state index >= 15 is 0 Å². The highest BCUT2D eigenvalue weighted by Gasteiger charge is 2.28. The molecule has 0 atom stereocenters. The number of nitrogens with zero attached hydrogens (tertiary/aromatic N) is 1. The molecule has 1 aliphatic heterocycles. The molecular formula is C22H15NO4. The Bertz CT molecular complexity index is 1070. The number of pyridine rings is 1. The molecule has 0 N–H and O–H groups in total. The van der Waals surface area contributed by atoms with Gasteiger partial charge in [0.1, 0.15) is 11.5 Å². The van der Waals surface area contributed by atoms with Crippen molar-refractivity contribution >= 4 is 17.8 Å². The summed E-state index contributed by atoms with van der Waals surface area (Å²) in [5.41, 5.74) is 2.57. The molecule has 0 bridgehead atoms. The molecular weight excluding hydrogens is 342 g/mol. The van der Waals surface area contributed by atoms with Crippen LogP contribution in [0, 0.1) is 6.92 Å². The zero-order valence-corrected chi connectivity index (χ0v) is 14.5. The third-order valence-electron chi connectivity index (χ3n) is 4.22. The predicted octanol–water partition coefficient (Wildman–Crippen LogP) is 4.23. The van der Waals surface area contributed by atoms with Crippen molar-refractivity contribution < 1.29 is 19.1 Å². The molecule has 5 nitrogen and oxygen atoms in total. The Morgan fingerprint density at radius 1 is 1.07 bits per heavy atom. The lowest BCUT2D eigenvalue weighted by molar-refractivity contribution is 0.0733. The molecule has 3 aromatic rings. The van der Waals surface area contributed by atoms with Crippen molar-refractivity contribution in [1.82, 2.24) is 4.98 Å². The lowest BCUT2D eigenvalue weighted by Gasteiger charge is -2.07. The van der Waals surface area contributed by atoms with Gasteiger partial charge in [0.05, 0.1) is 11.1 Å². The Balaban J connectivity index is 1.57. The van der Waals surface area contributed by atoms with Crippen LogP contribution >= 0.6 is 0 Å². The van der Waals surface area contributed by atoms with Gasteiger partial charge in [0.2, 0.25) is 5.78 Å². The molecule has 27 heavy (non-hydrogen) atoms. The van der Waals surface area contributed by atoms with Crippen molar-refractivity contribution in [3.05, 3.63) is 95.0 Å². The minimum Gasteiger partial charge on any atom is -0.452 e. The Morgan fingerprint density at radius 2 is 1.85 bits per heavy atom. The van der Waals surface area contributed by atoms with E-state index in [0.29, 0.717) is 22.6 Å². The largest absolute Gasteiger partial charge is 0.452 e. The predicted molar refractivity (Wildman–Crippen MR) is 99.8 cm³/mol. The van der Waals surface area contributed by atoms with Crippen LogP contribution in [0.2, 0.25) is 0 Å². The number of benzene rings is 2. The fraction of sp³-hybridized carbons (Fsp3) is 0.0455. The van der Waals surface area contributed by atoms with Crippen LogP contribution in [0.5, 0.6) is 11.5 Å². The molecule has 0 aliphatic carbocycles. The SMILES string of the molecule is Cc1ccccc1C(=O)Oc1ccc2c(c1)O/C(=C\c1ccncc1)C2=O. The van der Waals surface area contributed by atoms with Crippen molar-refractivity contribution in [3.8, 4) is 11.5 Å². The number of carbonyl (C=O) groups is 2. The second kappa shape index (κ2) is 6.88. The van der Waals surface area contributed by atoms with Crippen molar-refractivity contribution in [2.45, 2.75) is 6.92 Å². The Hall–Kier alpha value is -3.73. The standard InChI is InChI=1S/C22H15NO4/c1-14-4-2-3-5-17(14)22(25)26-16-6-7-18-19(13-16)27-20(21(18)24)12-15-8-10-23-11-9-15/h2-13H,1H3/b20-12-. The Morgan fingerprint density at radius 3 is 2.63 bits per heavy atom. The number of carbonyl (C=O) groups excluding carboxylic acids is 2. The molecule has 0 spiro atoms. The molecule has 0 fully saturated rings. The second-order valence-corrected chi connectivity index (χ2v) is 6.08. The first-order valence-electron chi connectivity index (χ1n) is 8.38. The molecule has 0 saturated carbocycles. The lowest BCUT2D eigenvalue weighted by Crippen LogP contribution is -2.10. The average molecular weight is 357 g/mol. The van der Waals surface area contributed by atoms with Gasteiger partial charge in [-0.25, -0.2) is 4.79 Å². The first-order valence-corrected chi connectivity index (χ1v) is 8.38. The van der Waals surface area contributed by atoms with Crippen molar-refractivity contribution in [1.29, 1.82) is 0 Å². The van der Waals surface area contributed by atoms with E-state index in [9.17, 15) is 9.59 Å². The summed E-state index contributed by atoms with van der Waals surface area (Å²) in [6.45, 7) is 1.84. The van der Waals surface area contributed by atoms with Crippen LogP contribution in [0.4, 0.5) is 0 Å². The van der Waals surface area contributed by atoms with Crippen LogP contribution in [0.15, 0.2) is 72.8 Å². The monoisotopic (exact) mass is 357 g/mol. The minimum absolute atomic E-state index is 0.210. The highest BCUT2D eigenvalue weighted by Crippen LogP contribution is 2.35. The van der Waals surface area contributed by atoms with E-state index in [0.717, 1.165) is 11.1 Å². The van der Waals surface area contributed by atoms with Crippen LogP contribution in [0.3, 0.4) is 0 Å². The Labute approximate surface area is 155 Å². The van der Waals surface area contributed by atoms with Crippen LogP contribution in [-0.4, -0.2) is 16.7 Å². The number of ether oxygens (including phenoxy) is 2. The molecule has 132 valence electrons. The van der Waals surface area contributed by atoms with Crippen LogP contribution in [0.25, 0.3) is 6.08 Å². The molecule has 0 unspecified atom stereocenters. The average Bonchev–Trinajstić information content (AvgIpc) is 2.98. The van der Waals surface area contributed by atoms with Crippen molar-refractivity contribution in [3.63, 3.8) is 0 Å². The van der Waals surface area contributed by atoms with Gasteiger partial charge in [-0.15, -0.1) is 0 Å². The molecule has 1 aromatic heterocycles. The van der Waals surface area contributed by atoms with Gasteiger partial charge >= 0.3 is 5.97 Å². The van der Waals surface area contributed by atoms with Gasteiger partial charge in [0.25, 0.3) is 0 Å². The zero-order valence-electron chi connectivity index (χ0n) is 14.5.